The highest BCUT2D eigenvalue weighted by atomic mass is 16.9. The summed E-state index contributed by atoms with van der Waals surface area (Å²) in [6, 6.07) is 17.4. The van der Waals surface area contributed by atoms with E-state index in [0.29, 0.717) is 10.9 Å². The maximum absolute atomic E-state index is 11.0. The maximum atomic E-state index is 11.0. The molecule has 3 N–H and O–H groups in total. The second-order valence-corrected chi connectivity index (χ2v) is 7.40. The van der Waals surface area contributed by atoms with E-state index in [0.717, 1.165) is 0 Å². The molecule has 0 bridgehead atoms. The molecule has 3 fully saturated rings. The lowest BCUT2D eigenvalue weighted by molar-refractivity contribution is -0.208. The first-order chi connectivity index (χ1) is 13.5. The summed E-state index contributed by atoms with van der Waals surface area (Å²) in [5.74, 6) is -1.61. The molecule has 0 aliphatic carbocycles. The summed E-state index contributed by atoms with van der Waals surface area (Å²) >= 11 is 0. The maximum Gasteiger partial charge on any atom is 0.409 e. The first-order valence-corrected chi connectivity index (χ1v) is 9.30. The van der Waals surface area contributed by atoms with Crippen LogP contribution in [0.4, 0.5) is 0 Å². The highest BCUT2D eigenvalue weighted by Crippen LogP contribution is 2.46. The van der Waals surface area contributed by atoms with E-state index in [4.69, 9.17) is 23.4 Å². The van der Waals surface area contributed by atoms with Gasteiger partial charge in [0.1, 0.15) is 6.10 Å². The predicted octanol–water partition coefficient (Wildman–Crippen LogP) is -1.42. The molecule has 0 amide bonds. The number of hydrogen-bond acceptors (Lipinski definition) is 8. The Bertz CT molecular complexity index is 857. The molecule has 10 heteroatoms. The van der Waals surface area contributed by atoms with Gasteiger partial charge in [0.05, 0.1) is 18.8 Å². The molecule has 3 aliphatic heterocycles. The number of hydrogen-bond donors (Lipinski definition) is 3. The summed E-state index contributed by atoms with van der Waals surface area (Å²) in [6.45, 7) is -6.18. The minimum atomic E-state index is -2.89. The fourth-order valence-corrected chi connectivity index (χ4v) is 4.25. The van der Waals surface area contributed by atoms with Gasteiger partial charge in [-0.1, -0.05) is 60.7 Å². The average molecular weight is 386 g/mol. The normalized spacial score (nSPS) is 42.2. The van der Waals surface area contributed by atoms with Crippen LogP contribution < -0.4 is 10.9 Å². The van der Waals surface area contributed by atoms with E-state index in [9.17, 15) is 15.2 Å². The van der Waals surface area contributed by atoms with Gasteiger partial charge in [-0.2, -0.15) is 0 Å². The lowest BCUT2D eigenvalue weighted by Crippen LogP contribution is -2.64. The monoisotopic (exact) mass is 386 g/mol. The summed E-state index contributed by atoms with van der Waals surface area (Å²) in [4.78, 5) is 0. The number of ether oxygens (including phenoxy) is 1. The third-order valence-corrected chi connectivity index (χ3v) is 5.63. The molecule has 28 heavy (non-hydrogen) atoms. The Morgan fingerprint density at radius 2 is 1.50 bits per heavy atom. The van der Waals surface area contributed by atoms with Crippen molar-refractivity contribution < 1.29 is 38.5 Å². The van der Waals surface area contributed by atoms with E-state index in [1.165, 1.54) is 0 Å². The van der Waals surface area contributed by atoms with Crippen molar-refractivity contribution in [1.29, 1.82) is 0 Å². The van der Waals surface area contributed by atoms with Crippen LogP contribution in [0.2, 0.25) is 0 Å². The summed E-state index contributed by atoms with van der Waals surface area (Å²) in [5, 5.41) is 32.0. The molecular formula is C18H20B2O8-2. The molecule has 0 spiro atoms. The van der Waals surface area contributed by atoms with Crippen molar-refractivity contribution in [2.45, 2.75) is 24.1 Å². The van der Waals surface area contributed by atoms with Crippen LogP contribution in [0.3, 0.4) is 0 Å². The van der Waals surface area contributed by atoms with Gasteiger partial charge >= 0.3 is 13.5 Å². The number of aliphatic hydroxyl groups is 1. The molecular weight excluding hydrogens is 366 g/mol. The zero-order chi connectivity index (χ0) is 19.4. The second-order valence-electron chi connectivity index (χ2n) is 7.40. The number of rotatable bonds is 3. The van der Waals surface area contributed by atoms with Gasteiger partial charge in [0, 0.05) is 6.61 Å². The van der Waals surface area contributed by atoms with Crippen LogP contribution in [0.15, 0.2) is 60.7 Å². The van der Waals surface area contributed by atoms with Crippen molar-refractivity contribution in [1.82, 2.24) is 0 Å². The lowest BCUT2D eigenvalue weighted by Gasteiger charge is -2.47. The van der Waals surface area contributed by atoms with Crippen molar-refractivity contribution in [2.24, 2.45) is 0 Å². The minimum absolute atomic E-state index is 0.0256. The van der Waals surface area contributed by atoms with Crippen LogP contribution in [-0.2, 0) is 23.4 Å². The van der Waals surface area contributed by atoms with Gasteiger partial charge in [0.25, 0.3) is 0 Å². The highest BCUT2D eigenvalue weighted by molar-refractivity contribution is 6.75. The second kappa shape index (κ2) is 6.38. The van der Waals surface area contributed by atoms with Crippen molar-refractivity contribution in [3.63, 3.8) is 0 Å². The lowest BCUT2D eigenvalue weighted by atomic mass is 9.68. The van der Waals surface area contributed by atoms with E-state index >= 15 is 0 Å². The smallest absolute Gasteiger partial charge is 0.409 e. The minimum Gasteiger partial charge on any atom is -0.555 e. The van der Waals surface area contributed by atoms with E-state index in [2.05, 4.69) is 0 Å². The Morgan fingerprint density at radius 3 is 2.11 bits per heavy atom. The Kier molecular flexibility index (Phi) is 4.17. The third kappa shape index (κ3) is 2.66. The third-order valence-electron chi connectivity index (χ3n) is 5.63. The molecule has 148 valence electrons. The number of benzene rings is 2. The molecule has 5 rings (SSSR count). The van der Waals surface area contributed by atoms with Crippen LogP contribution in [0, 0.1) is 0 Å². The van der Waals surface area contributed by atoms with Crippen molar-refractivity contribution in [2.75, 3.05) is 13.2 Å². The van der Waals surface area contributed by atoms with Gasteiger partial charge in [0.15, 0.2) is 5.79 Å². The molecule has 0 aromatic heterocycles. The fourth-order valence-electron chi connectivity index (χ4n) is 4.25. The molecule has 0 radical (unpaired) electrons. The molecule has 2 aromatic carbocycles. The molecule has 6 atom stereocenters. The summed E-state index contributed by atoms with van der Waals surface area (Å²) in [7, 11) is 0. The Morgan fingerprint density at radius 1 is 0.893 bits per heavy atom. The predicted molar refractivity (Wildman–Crippen MR) is 99.6 cm³/mol. The standard InChI is InChI=1S/C18H20B2O8/c21-12-18-17(27-20(23,28-18)14-9-5-2-6-10-14)16-15(25-18)11-24-19(22,26-16)13-7-3-1-4-8-13/h1-10,15-17,21-23H,11-12H2/q-2/t15-,16-,17+,18+,19?,20?/m1/s1. The SMILES string of the molecule is OC[C@@]12O[C@@H]3CO[B-](O)(c4ccccc4)O[C@H]3[C@@H]1O[B-](O)(c1ccccc1)O2. The van der Waals surface area contributed by atoms with E-state index in [-0.39, 0.29) is 6.61 Å². The molecule has 0 saturated carbocycles. The van der Waals surface area contributed by atoms with Crippen LogP contribution in [0.25, 0.3) is 0 Å². The van der Waals surface area contributed by atoms with Crippen molar-refractivity contribution >= 4 is 24.4 Å². The molecule has 8 nitrogen and oxygen atoms in total. The van der Waals surface area contributed by atoms with Crippen LogP contribution in [0.1, 0.15) is 0 Å². The topological polar surface area (TPSA) is 107 Å². The zero-order valence-corrected chi connectivity index (χ0v) is 15.0. The van der Waals surface area contributed by atoms with Gasteiger partial charge in [-0.15, -0.1) is 10.9 Å². The van der Waals surface area contributed by atoms with Gasteiger partial charge < -0.3 is 38.5 Å². The first kappa shape index (κ1) is 18.3. The molecule has 2 unspecified atom stereocenters. The summed E-state index contributed by atoms with van der Waals surface area (Å²) in [5.41, 5.74) is 0.894. The molecule has 3 saturated heterocycles. The Labute approximate surface area is 161 Å². The first-order valence-electron chi connectivity index (χ1n) is 9.30. The fraction of sp³-hybridized carbons (Fsp3) is 0.333. The van der Waals surface area contributed by atoms with E-state index < -0.39 is 44.2 Å². The van der Waals surface area contributed by atoms with E-state index in [1.807, 2.05) is 6.07 Å². The molecule has 3 heterocycles. The number of fused-ring (bicyclic) bond motifs is 3. The van der Waals surface area contributed by atoms with Crippen molar-refractivity contribution in [3.8, 4) is 0 Å². The van der Waals surface area contributed by atoms with Crippen LogP contribution in [-0.4, -0.2) is 66.0 Å². The zero-order valence-electron chi connectivity index (χ0n) is 15.0. The average Bonchev–Trinajstić information content (AvgIpc) is 3.19. The Balaban J connectivity index is 1.47. The quantitative estimate of drug-likeness (QED) is 0.553. The van der Waals surface area contributed by atoms with Gasteiger partial charge in [0.2, 0.25) is 0 Å². The molecule has 2 aromatic rings. The van der Waals surface area contributed by atoms with Crippen LogP contribution >= 0.6 is 0 Å². The van der Waals surface area contributed by atoms with Crippen molar-refractivity contribution in [3.05, 3.63) is 60.7 Å². The van der Waals surface area contributed by atoms with E-state index in [1.54, 1.807) is 54.6 Å². The number of aliphatic hydroxyl groups excluding tert-OH is 1. The largest absolute Gasteiger partial charge is 0.555 e. The Hall–Kier alpha value is -1.75. The highest BCUT2D eigenvalue weighted by Gasteiger charge is 2.64. The van der Waals surface area contributed by atoms with Gasteiger partial charge in [-0.05, 0) is 0 Å². The summed E-state index contributed by atoms with van der Waals surface area (Å²) in [6.07, 6.45) is -2.38. The summed E-state index contributed by atoms with van der Waals surface area (Å²) < 4.78 is 29.0. The van der Waals surface area contributed by atoms with Gasteiger partial charge in [-0.25, -0.2) is 0 Å². The van der Waals surface area contributed by atoms with Crippen LogP contribution in [0.5, 0.6) is 0 Å². The van der Waals surface area contributed by atoms with Gasteiger partial charge in [-0.3, -0.25) is 0 Å². The molecule has 3 aliphatic rings.